The third kappa shape index (κ3) is 4.35. The van der Waals surface area contributed by atoms with Crippen LogP contribution in [0.15, 0.2) is 36.4 Å². The zero-order valence-electron chi connectivity index (χ0n) is 15.7. The van der Waals surface area contributed by atoms with E-state index in [1.165, 1.54) is 30.2 Å². The monoisotopic (exact) mass is 405 g/mol. The Hall–Kier alpha value is -2.84. The van der Waals surface area contributed by atoms with Crippen molar-refractivity contribution in [2.75, 3.05) is 50.6 Å². The summed E-state index contributed by atoms with van der Waals surface area (Å²) in [6.45, 7) is 3.73. The van der Waals surface area contributed by atoms with E-state index in [2.05, 4.69) is 17.3 Å². The Bertz CT molecular complexity index is 897. The van der Waals surface area contributed by atoms with E-state index in [9.17, 15) is 14.9 Å². The Labute approximate surface area is 167 Å². The maximum Gasteiger partial charge on any atom is 0.311 e. The summed E-state index contributed by atoms with van der Waals surface area (Å²) < 4.78 is 4.98. The predicted octanol–water partition coefficient (Wildman–Crippen LogP) is 1.84. The second kappa shape index (κ2) is 8.45. The summed E-state index contributed by atoms with van der Waals surface area (Å²) in [7, 11) is 3.50. The summed E-state index contributed by atoms with van der Waals surface area (Å²) in [6, 6.07) is 9.47. The zero-order valence-corrected chi connectivity index (χ0v) is 16.5. The van der Waals surface area contributed by atoms with Crippen LogP contribution in [0.1, 0.15) is 10.4 Å². The number of quaternary nitrogens is 1. The van der Waals surface area contributed by atoms with Crippen LogP contribution in [0.25, 0.3) is 0 Å². The molecule has 9 heteroatoms. The van der Waals surface area contributed by atoms with Crippen molar-refractivity contribution in [1.82, 2.24) is 0 Å². The number of hydrogen-bond acceptors (Lipinski definition) is 5. The number of hydrogen-bond donors (Lipinski definition) is 2. The topological polar surface area (TPSA) is 89.2 Å². The van der Waals surface area contributed by atoms with Crippen LogP contribution < -0.4 is 19.9 Å². The van der Waals surface area contributed by atoms with Gasteiger partial charge in [-0.2, -0.15) is 0 Å². The molecule has 1 fully saturated rings. The van der Waals surface area contributed by atoms with E-state index in [0.29, 0.717) is 10.7 Å². The van der Waals surface area contributed by atoms with Gasteiger partial charge >= 0.3 is 5.69 Å². The van der Waals surface area contributed by atoms with E-state index in [1.54, 1.807) is 12.1 Å². The van der Waals surface area contributed by atoms with Crippen LogP contribution >= 0.6 is 11.6 Å². The second-order valence-corrected chi connectivity index (χ2v) is 7.14. The van der Waals surface area contributed by atoms with Crippen LogP contribution in [-0.4, -0.2) is 51.2 Å². The van der Waals surface area contributed by atoms with Gasteiger partial charge in [-0.1, -0.05) is 11.6 Å². The maximum atomic E-state index is 12.7. The average molecular weight is 406 g/mol. The van der Waals surface area contributed by atoms with Gasteiger partial charge in [0.2, 0.25) is 0 Å². The van der Waals surface area contributed by atoms with Crippen molar-refractivity contribution >= 4 is 34.6 Å². The molecular weight excluding hydrogens is 384 g/mol. The van der Waals surface area contributed by atoms with Crippen molar-refractivity contribution in [3.63, 3.8) is 0 Å². The minimum absolute atomic E-state index is 0.102. The van der Waals surface area contributed by atoms with Gasteiger partial charge in [-0.3, -0.25) is 14.9 Å². The number of rotatable bonds is 5. The SMILES string of the molecule is COc1ccc(C(=O)Nc2cc(Cl)ccc2N2CC[NH+](C)CC2)cc1[N+](=O)[O-]. The van der Waals surface area contributed by atoms with Crippen LogP contribution in [0, 0.1) is 10.1 Å². The lowest BCUT2D eigenvalue weighted by Crippen LogP contribution is -3.12. The molecular formula is C19H22ClN4O4+. The van der Waals surface area contributed by atoms with Crippen molar-refractivity contribution in [2.45, 2.75) is 0 Å². The molecule has 8 nitrogen and oxygen atoms in total. The lowest BCUT2D eigenvalue weighted by molar-refractivity contribution is -0.880. The van der Waals surface area contributed by atoms with E-state index < -0.39 is 10.8 Å². The molecule has 0 bridgehead atoms. The third-order valence-electron chi connectivity index (χ3n) is 4.80. The Morgan fingerprint density at radius 2 is 1.96 bits per heavy atom. The third-order valence-corrected chi connectivity index (χ3v) is 5.04. The van der Waals surface area contributed by atoms with Gasteiger partial charge in [-0.05, 0) is 30.3 Å². The number of nitro benzene ring substituents is 1. The Morgan fingerprint density at radius 1 is 1.25 bits per heavy atom. The number of halogens is 1. The van der Waals surface area contributed by atoms with Crippen LogP contribution in [0.3, 0.4) is 0 Å². The number of likely N-dealkylation sites (N-methyl/N-ethyl adjacent to an activating group) is 1. The average Bonchev–Trinajstić information content (AvgIpc) is 2.68. The first-order chi connectivity index (χ1) is 13.4. The number of nitrogens with one attached hydrogen (secondary N) is 2. The molecule has 3 rings (SSSR count). The minimum atomic E-state index is -0.576. The number of benzene rings is 2. The Morgan fingerprint density at radius 3 is 2.61 bits per heavy atom. The molecule has 0 saturated carbocycles. The fourth-order valence-corrected chi connectivity index (χ4v) is 3.35. The number of carbonyl (C=O) groups excluding carboxylic acids is 1. The Balaban J connectivity index is 1.87. The largest absolute Gasteiger partial charge is 0.490 e. The fourth-order valence-electron chi connectivity index (χ4n) is 3.18. The van der Waals surface area contributed by atoms with Gasteiger partial charge in [0.05, 0.1) is 56.6 Å². The highest BCUT2D eigenvalue weighted by atomic mass is 35.5. The van der Waals surface area contributed by atoms with Gasteiger partial charge < -0.3 is 19.9 Å². The molecule has 28 heavy (non-hydrogen) atoms. The molecule has 0 aromatic heterocycles. The number of anilines is 2. The highest BCUT2D eigenvalue weighted by molar-refractivity contribution is 6.31. The lowest BCUT2D eigenvalue weighted by Gasteiger charge is -2.33. The molecule has 1 saturated heterocycles. The van der Waals surface area contributed by atoms with E-state index in [-0.39, 0.29) is 17.0 Å². The van der Waals surface area contributed by atoms with Gasteiger partial charge in [-0.25, -0.2) is 0 Å². The van der Waals surface area contributed by atoms with Crippen molar-refractivity contribution in [2.24, 2.45) is 0 Å². The number of carbonyl (C=O) groups is 1. The molecule has 148 valence electrons. The number of piperazine rings is 1. The van der Waals surface area contributed by atoms with Gasteiger partial charge in [0.1, 0.15) is 0 Å². The summed E-state index contributed by atoms with van der Waals surface area (Å²) in [5.41, 5.74) is 1.37. The van der Waals surface area contributed by atoms with Crippen LogP contribution in [-0.2, 0) is 0 Å². The summed E-state index contributed by atoms with van der Waals surface area (Å²) >= 11 is 6.13. The normalized spacial score (nSPS) is 14.6. The van der Waals surface area contributed by atoms with Gasteiger partial charge in [0.25, 0.3) is 5.91 Å². The molecule has 0 atom stereocenters. The van der Waals surface area contributed by atoms with Crippen molar-refractivity contribution in [3.05, 3.63) is 57.1 Å². The number of nitrogens with zero attached hydrogens (tertiary/aromatic N) is 2. The molecule has 0 aliphatic carbocycles. The zero-order chi connectivity index (χ0) is 20.3. The molecule has 1 aliphatic rings. The van der Waals surface area contributed by atoms with E-state index in [4.69, 9.17) is 16.3 Å². The molecule has 1 aliphatic heterocycles. The predicted molar refractivity (Wildman–Crippen MR) is 108 cm³/mol. The first kappa shape index (κ1) is 19.9. The van der Waals surface area contributed by atoms with Gasteiger partial charge in [0, 0.05) is 16.7 Å². The number of methoxy groups -OCH3 is 1. The summed E-state index contributed by atoms with van der Waals surface area (Å²) in [4.78, 5) is 27.0. The Kier molecular flexibility index (Phi) is 6.01. The molecule has 2 aromatic carbocycles. The van der Waals surface area contributed by atoms with E-state index >= 15 is 0 Å². The van der Waals surface area contributed by atoms with Gasteiger partial charge in [-0.15, -0.1) is 0 Å². The van der Waals surface area contributed by atoms with Crippen LogP contribution in [0.5, 0.6) is 5.75 Å². The molecule has 0 unspecified atom stereocenters. The van der Waals surface area contributed by atoms with Crippen molar-refractivity contribution < 1.29 is 19.4 Å². The number of ether oxygens (including phenoxy) is 1. The maximum absolute atomic E-state index is 12.7. The van der Waals surface area contributed by atoms with Gasteiger partial charge in [0.15, 0.2) is 5.75 Å². The summed E-state index contributed by atoms with van der Waals surface area (Å²) in [6.07, 6.45) is 0. The molecule has 0 spiro atoms. The van der Waals surface area contributed by atoms with Crippen molar-refractivity contribution in [3.8, 4) is 5.75 Å². The number of nitro groups is 1. The van der Waals surface area contributed by atoms with Crippen LogP contribution in [0.2, 0.25) is 5.02 Å². The molecule has 1 amide bonds. The molecule has 2 aromatic rings. The van der Waals surface area contributed by atoms with E-state index in [1.807, 2.05) is 6.07 Å². The first-order valence-electron chi connectivity index (χ1n) is 8.88. The molecule has 0 radical (unpaired) electrons. The highest BCUT2D eigenvalue weighted by Gasteiger charge is 2.22. The highest BCUT2D eigenvalue weighted by Crippen LogP contribution is 2.31. The molecule has 2 N–H and O–H groups in total. The standard InChI is InChI=1S/C19H21ClN4O4/c1-22-7-9-23(10-8-22)16-5-4-14(20)12-15(16)21-19(25)13-3-6-18(28-2)17(11-13)24(26)27/h3-6,11-12H,7-10H2,1-2H3,(H,21,25)/p+1. The van der Waals surface area contributed by atoms with Crippen molar-refractivity contribution in [1.29, 1.82) is 0 Å². The van der Waals surface area contributed by atoms with E-state index in [0.717, 1.165) is 31.9 Å². The quantitative estimate of drug-likeness (QED) is 0.585. The second-order valence-electron chi connectivity index (χ2n) is 6.70. The number of amides is 1. The molecule has 1 heterocycles. The first-order valence-corrected chi connectivity index (χ1v) is 9.26. The lowest BCUT2D eigenvalue weighted by atomic mass is 10.1. The van der Waals surface area contributed by atoms with Crippen LogP contribution in [0.4, 0.5) is 17.1 Å². The summed E-state index contributed by atoms with van der Waals surface area (Å²) in [5.74, 6) is -0.348. The smallest absolute Gasteiger partial charge is 0.311 e. The summed E-state index contributed by atoms with van der Waals surface area (Å²) in [5, 5.41) is 14.6. The fraction of sp³-hybridized carbons (Fsp3) is 0.316. The minimum Gasteiger partial charge on any atom is -0.490 e.